The Balaban J connectivity index is 1.83. The molecule has 2 rings (SSSR count). The Hall–Kier alpha value is -1.90. The Morgan fingerprint density at radius 2 is 2.32 bits per heavy atom. The van der Waals surface area contributed by atoms with Gasteiger partial charge in [0.2, 0.25) is 5.91 Å². The molecule has 1 aliphatic rings. The summed E-state index contributed by atoms with van der Waals surface area (Å²) in [6.07, 6.45) is 0.883. The van der Waals surface area contributed by atoms with Gasteiger partial charge in [0.1, 0.15) is 6.07 Å². The van der Waals surface area contributed by atoms with Gasteiger partial charge in [-0.15, -0.1) is 0 Å². The number of aliphatic hydroxyl groups excluding tert-OH is 1. The van der Waals surface area contributed by atoms with Crippen LogP contribution in [-0.4, -0.2) is 41.7 Å². The largest absolute Gasteiger partial charge is 0.392 e. The monoisotopic (exact) mass is 259 g/mol. The number of β-amino-alcohol motifs (C(OH)–C–C–N with tert-alkyl or cyclic N) is 1. The fourth-order valence-electron chi connectivity index (χ4n) is 2.18. The SMILES string of the molecule is N#Cc1ccccc1NC(=O)CCN1CC[C@H](O)C1. The van der Waals surface area contributed by atoms with Crippen LogP contribution >= 0.6 is 0 Å². The number of carbonyl (C=O) groups excluding carboxylic acids is 1. The van der Waals surface area contributed by atoms with Gasteiger partial charge in [0.25, 0.3) is 0 Å². The molecule has 1 aromatic rings. The van der Waals surface area contributed by atoms with Crippen LogP contribution in [0.15, 0.2) is 24.3 Å². The molecular formula is C14H17N3O2. The minimum Gasteiger partial charge on any atom is -0.392 e. The predicted molar refractivity (Wildman–Crippen MR) is 71.5 cm³/mol. The topological polar surface area (TPSA) is 76.4 Å². The van der Waals surface area contributed by atoms with Crippen LogP contribution in [0.2, 0.25) is 0 Å². The smallest absolute Gasteiger partial charge is 0.225 e. The van der Waals surface area contributed by atoms with Crippen molar-refractivity contribution in [2.75, 3.05) is 25.0 Å². The normalized spacial score (nSPS) is 19.1. The van der Waals surface area contributed by atoms with Crippen LogP contribution < -0.4 is 5.32 Å². The highest BCUT2D eigenvalue weighted by atomic mass is 16.3. The van der Waals surface area contributed by atoms with E-state index in [1.807, 2.05) is 6.07 Å². The first-order chi connectivity index (χ1) is 9.19. The lowest BCUT2D eigenvalue weighted by atomic mass is 10.2. The molecule has 1 atom stereocenters. The fraction of sp³-hybridized carbons (Fsp3) is 0.429. The Morgan fingerprint density at radius 3 is 3.00 bits per heavy atom. The van der Waals surface area contributed by atoms with Gasteiger partial charge in [-0.1, -0.05) is 12.1 Å². The molecule has 100 valence electrons. The van der Waals surface area contributed by atoms with Crippen LogP contribution in [0.1, 0.15) is 18.4 Å². The van der Waals surface area contributed by atoms with E-state index in [2.05, 4.69) is 10.2 Å². The van der Waals surface area contributed by atoms with Gasteiger partial charge in [0.05, 0.1) is 17.4 Å². The molecule has 0 saturated carbocycles. The van der Waals surface area contributed by atoms with E-state index < -0.39 is 0 Å². The molecule has 0 radical (unpaired) electrons. The summed E-state index contributed by atoms with van der Waals surface area (Å²) in [6.45, 7) is 2.11. The van der Waals surface area contributed by atoms with Gasteiger partial charge in [-0.05, 0) is 18.6 Å². The van der Waals surface area contributed by atoms with Gasteiger partial charge >= 0.3 is 0 Å². The highest BCUT2D eigenvalue weighted by Crippen LogP contribution is 2.14. The number of anilines is 1. The molecule has 0 unspecified atom stereocenters. The number of nitrogens with zero attached hydrogens (tertiary/aromatic N) is 2. The second-order valence-corrected chi connectivity index (χ2v) is 4.70. The number of hydrogen-bond donors (Lipinski definition) is 2. The van der Waals surface area contributed by atoms with Crippen molar-refractivity contribution < 1.29 is 9.90 Å². The summed E-state index contributed by atoms with van der Waals surface area (Å²) in [6, 6.07) is 8.99. The number of amides is 1. The molecule has 0 bridgehead atoms. The lowest BCUT2D eigenvalue weighted by Gasteiger charge is -2.14. The summed E-state index contributed by atoms with van der Waals surface area (Å²) < 4.78 is 0. The van der Waals surface area contributed by atoms with Crippen molar-refractivity contribution in [1.29, 1.82) is 5.26 Å². The van der Waals surface area contributed by atoms with E-state index in [0.717, 1.165) is 13.0 Å². The molecule has 1 aliphatic heterocycles. The van der Waals surface area contributed by atoms with E-state index in [-0.39, 0.29) is 12.0 Å². The number of rotatable bonds is 4. The van der Waals surface area contributed by atoms with Crippen LogP contribution in [0, 0.1) is 11.3 Å². The molecule has 5 heteroatoms. The summed E-state index contributed by atoms with van der Waals surface area (Å²) >= 11 is 0. The second kappa shape index (κ2) is 6.32. The lowest BCUT2D eigenvalue weighted by Crippen LogP contribution is -2.26. The number of nitriles is 1. The third-order valence-electron chi connectivity index (χ3n) is 3.22. The summed E-state index contributed by atoms with van der Waals surface area (Å²) in [5.74, 6) is -0.107. The van der Waals surface area contributed by atoms with Crippen molar-refractivity contribution in [2.45, 2.75) is 18.9 Å². The molecule has 0 spiro atoms. The average molecular weight is 259 g/mol. The van der Waals surface area contributed by atoms with Crippen molar-refractivity contribution in [3.63, 3.8) is 0 Å². The van der Waals surface area contributed by atoms with Crippen molar-refractivity contribution in [1.82, 2.24) is 4.90 Å². The maximum atomic E-state index is 11.8. The number of hydrogen-bond acceptors (Lipinski definition) is 4. The second-order valence-electron chi connectivity index (χ2n) is 4.70. The maximum Gasteiger partial charge on any atom is 0.225 e. The molecule has 2 N–H and O–H groups in total. The Morgan fingerprint density at radius 1 is 1.53 bits per heavy atom. The number of aliphatic hydroxyl groups is 1. The van der Waals surface area contributed by atoms with Crippen LogP contribution in [0.5, 0.6) is 0 Å². The minimum atomic E-state index is -0.262. The Kier molecular flexibility index (Phi) is 4.50. The first-order valence-electron chi connectivity index (χ1n) is 6.38. The number of carbonyl (C=O) groups is 1. The van der Waals surface area contributed by atoms with Crippen LogP contribution in [-0.2, 0) is 4.79 Å². The minimum absolute atomic E-state index is 0.107. The molecule has 1 heterocycles. The average Bonchev–Trinajstić information content (AvgIpc) is 2.83. The number of benzene rings is 1. The van der Waals surface area contributed by atoms with E-state index in [1.54, 1.807) is 24.3 Å². The van der Waals surface area contributed by atoms with Crippen molar-refractivity contribution in [3.8, 4) is 6.07 Å². The van der Waals surface area contributed by atoms with E-state index in [0.29, 0.717) is 30.8 Å². The molecule has 1 aromatic carbocycles. The fourth-order valence-corrected chi connectivity index (χ4v) is 2.18. The maximum absolute atomic E-state index is 11.8. The van der Waals surface area contributed by atoms with Crippen molar-refractivity contribution in [3.05, 3.63) is 29.8 Å². The molecule has 19 heavy (non-hydrogen) atoms. The van der Waals surface area contributed by atoms with Gasteiger partial charge in [-0.2, -0.15) is 5.26 Å². The van der Waals surface area contributed by atoms with Gasteiger partial charge < -0.3 is 15.3 Å². The molecule has 1 amide bonds. The Bertz CT molecular complexity index is 496. The zero-order valence-electron chi connectivity index (χ0n) is 10.7. The first-order valence-corrected chi connectivity index (χ1v) is 6.38. The lowest BCUT2D eigenvalue weighted by molar-refractivity contribution is -0.116. The van der Waals surface area contributed by atoms with E-state index in [9.17, 15) is 9.90 Å². The summed E-state index contributed by atoms with van der Waals surface area (Å²) in [5, 5.41) is 21.1. The third kappa shape index (κ3) is 3.78. The predicted octanol–water partition coefficient (Wildman–Crippen LogP) is 0.953. The quantitative estimate of drug-likeness (QED) is 0.844. The first kappa shape index (κ1) is 13.5. The summed E-state index contributed by atoms with van der Waals surface area (Å²) in [5.41, 5.74) is 1.02. The van der Waals surface area contributed by atoms with E-state index >= 15 is 0 Å². The number of likely N-dealkylation sites (tertiary alicyclic amines) is 1. The highest BCUT2D eigenvalue weighted by Gasteiger charge is 2.20. The molecule has 5 nitrogen and oxygen atoms in total. The number of nitrogens with one attached hydrogen (secondary N) is 1. The van der Waals surface area contributed by atoms with Crippen molar-refractivity contribution >= 4 is 11.6 Å². The van der Waals surface area contributed by atoms with E-state index in [4.69, 9.17) is 5.26 Å². The standard InChI is InChI=1S/C14H17N3O2/c15-9-11-3-1-2-4-13(11)16-14(19)6-8-17-7-5-12(18)10-17/h1-4,12,18H,5-8,10H2,(H,16,19)/t12-/m0/s1. The molecule has 1 saturated heterocycles. The highest BCUT2D eigenvalue weighted by molar-refractivity contribution is 5.92. The molecule has 0 aliphatic carbocycles. The molecular weight excluding hydrogens is 242 g/mol. The summed E-state index contributed by atoms with van der Waals surface area (Å²) in [4.78, 5) is 13.9. The number of para-hydroxylation sites is 1. The van der Waals surface area contributed by atoms with E-state index in [1.165, 1.54) is 0 Å². The van der Waals surface area contributed by atoms with Crippen LogP contribution in [0.3, 0.4) is 0 Å². The van der Waals surface area contributed by atoms with Gasteiger partial charge in [-0.25, -0.2) is 0 Å². The van der Waals surface area contributed by atoms with Crippen molar-refractivity contribution in [2.24, 2.45) is 0 Å². The molecule has 0 aromatic heterocycles. The third-order valence-corrected chi connectivity index (χ3v) is 3.22. The zero-order chi connectivity index (χ0) is 13.7. The van der Waals surface area contributed by atoms with Gasteiger partial charge in [0, 0.05) is 26.1 Å². The van der Waals surface area contributed by atoms with Gasteiger partial charge in [-0.3, -0.25) is 4.79 Å². The molecule has 1 fully saturated rings. The van der Waals surface area contributed by atoms with Crippen LogP contribution in [0.4, 0.5) is 5.69 Å². The Labute approximate surface area is 112 Å². The van der Waals surface area contributed by atoms with Gasteiger partial charge in [0.15, 0.2) is 0 Å². The van der Waals surface area contributed by atoms with Crippen LogP contribution in [0.25, 0.3) is 0 Å². The zero-order valence-corrected chi connectivity index (χ0v) is 10.7. The summed E-state index contributed by atoms with van der Waals surface area (Å²) in [7, 11) is 0.